The van der Waals surface area contributed by atoms with E-state index in [0.29, 0.717) is 17.8 Å². The summed E-state index contributed by atoms with van der Waals surface area (Å²) in [6, 6.07) is 13.1. The molecule has 4 rings (SSSR count). The molecule has 1 saturated heterocycles. The van der Waals surface area contributed by atoms with Crippen LogP contribution in [-0.4, -0.2) is 37.9 Å². The second-order valence-corrected chi connectivity index (χ2v) is 7.16. The van der Waals surface area contributed by atoms with E-state index in [4.69, 9.17) is 4.98 Å². The van der Waals surface area contributed by atoms with Crippen molar-refractivity contribution in [3.63, 3.8) is 0 Å². The minimum Gasteiger partial charge on any atom is -0.307 e. The fourth-order valence-corrected chi connectivity index (χ4v) is 3.82. The van der Waals surface area contributed by atoms with Crippen LogP contribution in [0, 0.1) is 0 Å². The van der Waals surface area contributed by atoms with Crippen molar-refractivity contribution in [2.24, 2.45) is 0 Å². The molecule has 1 fully saturated rings. The lowest BCUT2D eigenvalue weighted by atomic mass is 9.98. The fourth-order valence-electron chi connectivity index (χ4n) is 3.82. The van der Waals surface area contributed by atoms with Crippen molar-refractivity contribution in [1.29, 1.82) is 0 Å². The Morgan fingerprint density at radius 3 is 2.79 bits per heavy atom. The summed E-state index contributed by atoms with van der Waals surface area (Å²) in [5.41, 5.74) is 2.49. The first-order chi connectivity index (χ1) is 13.9. The summed E-state index contributed by atoms with van der Waals surface area (Å²) >= 11 is 0. The summed E-state index contributed by atoms with van der Waals surface area (Å²) in [5.74, 6) is 1.23. The number of benzene rings is 1. The first-order valence-corrected chi connectivity index (χ1v) is 10.0. The lowest BCUT2D eigenvalue weighted by Crippen LogP contribution is -2.35. The topological polar surface area (TPSA) is 66.8 Å². The van der Waals surface area contributed by atoms with Crippen molar-refractivity contribution in [2.75, 3.05) is 18.4 Å². The van der Waals surface area contributed by atoms with E-state index >= 15 is 0 Å². The maximum absolute atomic E-state index is 4.78. The smallest absolute Gasteiger partial charge is 0.228 e. The van der Waals surface area contributed by atoms with Crippen molar-refractivity contribution in [1.82, 2.24) is 24.8 Å². The summed E-state index contributed by atoms with van der Waals surface area (Å²) in [4.78, 5) is 20.0. The van der Waals surface area contributed by atoms with Crippen molar-refractivity contribution in [2.45, 2.75) is 38.1 Å². The minimum atomic E-state index is 0.356. The van der Waals surface area contributed by atoms with Crippen LogP contribution in [0.1, 0.15) is 43.0 Å². The third-order valence-electron chi connectivity index (χ3n) is 5.19. The van der Waals surface area contributed by atoms with E-state index < -0.39 is 0 Å². The van der Waals surface area contributed by atoms with Gasteiger partial charge in [0.25, 0.3) is 0 Å². The maximum atomic E-state index is 4.78. The molecule has 1 atom stereocenters. The number of piperidine rings is 1. The molecular formula is C22H26N6. The van der Waals surface area contributed by atoms with Crippen LogP contribution in [0.15, 0.2) is 61.2 Å². The number of likely N-dealkylation sites (tertiary alicyclic amines) is 1. The normalized spacial score (nSPS) is 17.4. The minimum absolute atomic E-state index is 0.356. The van der Waals surface area contributed by atoms with Crippen LogP contribution in [0.5, 0.6) is 0 Å². The average molecular weight is 374 g/mol. The molecule has 0 amide bonds. The third-order valence-corrected chi connectivity index (χ3v) is 5.19. The molecule has 0 unspecified atom stereocenters. The molecule has 1 aliphatic rings. The second kappa shape index (κ2) is 9.37. The zero-order valence-corrected chi connectivity index (χ0v) is 16.0. The number of aryl methyl sites for hydroxylation is 1. The van der Waals surface area contributed by atoms with E-state index in [0.717, 1.165) is 38.0 Å². The zero-order chi connectivity index (χ0) is 19.0. The molecule has 6 heteroatoms. The van der Waals surface area contributed by atoms with E-state index in [1.165, 1.54) is 18.4 Å². The predicted molar refractivity (Wildman–Crippen MR) is 110 cm³/mol. The summed E-state index contributed by atoms with van der Waals surface area (Å²) in [6.45, 7) is 2.23. The number of aromatic nitrogens is 4. The van der Waals surface area contributed by atoms with Gasteiger partial charge in [-0.25, -0.2) is 15.0 Å². The molecule has 6 nitrogen and oxygen atoms in total. The Hall–Kier alpha value is -2.86. The third kappa shape index (κ3) is 4.89. The van der Waals surface area contributed by atoms with Gasteiger partial charge in [-0.1, -0.05) is 36.8 Å². The number of nitrogens with one attached hydrogen (secondary N) is 1. The predicted octanol–water partition coefficient (Wildman–Crippen LogP) is 4.17. The Labute approximate surface area is 166 Å². The van der Waals surface area contributed by atoms with Gasteiger partial charge in [-0.15, -0.1) is 0 Å². The lowest BCUT2D eigenvalue weighted by Gasteiger charge is -2.35. The van der Waals surface area contributed by atoms with Gasteiger partial charge in [0.1, 0.15) is 0 Å². The van der Waals surface area contributed by atoms with Gasteiger partial charge in [0.15, 0.2) is 5.82 Å². The van der Waals surface area contributed by atoms with E-state index in [1.807, 2.05) is 12.3 Å². The molecule has 144 valence electrons. The molecular weight excluding hydrogens is 348 g/mol. The highest BCUT2D eigenvalue weighted by molar-refractivity contribution is 5.45. The van der Waals surface area contributed by atoms with Crippen LogP contribution in [0.4, 0.5) is 11.8 Å². The molecule has 2 aromatic heterocycles. The molecule has 1 aliphatic heterocycles. The number of hydrogen-bond acceptors (Lipinski definition) is 6. The molecule has 3 aromatic rings. The average Bonchev–Trinajstić information content (AvgIpc) is 2.76. The maximum Gasteiger partial charge on any atom is 0.228 e. The number of anilines is 2. The van der Waals surface area contributed by atoms with Crippen molar-refractivity contribution in [3.8, 4) is 0 Å². The molecule has 1 N–H and O–H groups in total. The summed E-state index contributed by atoms with van der Waals surface area (Å²) < 4.78 is 0. The molecule has 0 bridgehead atoms. The van der Waals surface area contributed by atoms with Crippen molar-refractivity contribution < 1.29 is 0 Å². The van der Waals surface area contributed by atoms with Gasteiger partial charge in [-0.2, -0.15) is 0 Å². The standard InChI is InChI=1S/C22H26N6/c1-2-7-18(8-3-1)9-6-16-28-15-5-4-10-20(28)19-11-12-25-22(26-19)27-21-17-23-13-14-24-21/h1-3,7-8,11-14,17,20H,4-6,9-10,15-16H2,(H,24,25,26,27)/t20-/m0/s1. The molecule has 1 aromatic carbocycles. The quantitative estimate of drug-likeness (QED) is 0.669. The van der Waals surface area contributed by atoms with Gasteiger partial charge < -0.3 is 5.32 Å². The first-order valence-electron chi connectivity index (χ1n) is 10.0. The van der Waals surface area contributed by atoms with Gasteiger partial charge >= 0.3 is 0 Å². The summed E-state index contributed by atoms with van der Waals surface area (Å²) in [7, 11) is 0. The van der Waals surface area contributed by atoms with Crippen LogP contribution in [0.3, 0.4) is 0 Å². The Bertz CT molecular complexity index is 855. The Morgan fingerprint density at radius 2 is 1.93 bits per heavy atom. The molecule has 0 saturated carbocycles. The Kier molecular flexibility index (Phi) is 6.19. The highest BCUT2D eigenvalue weighted by Gasteiger charge is 2.25. The van der Waals surface area contributed by atoms with E-state index in [2.05, 4.69) is 55.5 Å². The molecule has 28 heavy (non-hydrogen) atoms. The van der Waals surface area contributed by atoms with Crippen LogP contribution in [0.25, 0.3) is 0 Å². The fraction of sp³-hybridized carbons (Fsp3) is 0.364. The molecule has 3 heterocycles. The summed E-state index contributed by atoms with van der Waals surface area (Å²) in [6.07, 6.45) is 12.7. The second-order valence-electron chi connectivity index (χ2n) is 7.16. The highest BCUT2D eigenvalue weighted by atomic mass is 15.2. The lowest BCUT2D eigenvalue weighted by molar-refractivity contribution is 0.144. The largest absolute Gasteiger partial charge is 0.307 e. The van der Waals surface area contributed by atoms with E-state index in [-0.39, 0.29) is 0 Å². The zero-order valence-electron chi connectivity index (χ0n) is 16.0. The van der Waals surface area contributed by atoms with Crippen LogP contribution in [0.2, 0.25) is 0 Å². The van der Waals surface area contributed by atoms with Crippen molar-refractivity contribution in [3.05, 3.63) is 72.4 Å². The first kappa shape index (κ1) is 18.5. The molecule has 0 radical (unpaired) electrons. The van der Waals surface area contributed by atoms with Crippen molar-refractivity contribution >= 4 is 11.8 Å². The van der Waals surface area contributed by atoms with Gasteiger partial charge in [-0.05, 0) is 50.4 Å². The molecule has 0 spiro atoms. The van der Waals surface area contributed by atoms with Crippen LogP contribution < -0.4 is 5.32 Å². The van der Waals surface area contributed by atoms with E-state index in [1.54, 1.807) is 18.6 Å². The van der Waals surface area contributed by atoms with Crippen LogP contribution >= 0.6 is 0 Å². The monoisotopic (exact) mass is 374 g/mol. The molecule has 0 aliphatic carbocycles. The van der Waals surface area contributed by atoms with Gasteiger partial charge in [0, 0.05) is 18.6 Å². The number of nitrogens with zero attached hydrogens (tertiary/aromatic N) is 5. The van der Waals surface area contributed by atoms with Gasteiger partial charge in [0.2, 0.25) is 5.95 Å². The Balaban J connectivity index is 1.41. The number of hydrogen-bond donors (Lipinski definition) is 1. The summed E-state index contributed by atoms with van der Waals surface area (Å²) in [5, 5.41) is 3.15. The Morgan fingerprint density at radius 1 is 1.00 bits per heavy atom. The van der Waals surface area contributed by atoms with Crippen LogP contribution in [-0.2, 0) is 6.42 Å². The van der Waals surface area contributed by atoms with Gasteiger partial charge in [0.05, 0.1) is 17.9 Å². The van der Waals surface area contributed by atoms with E-state index in [9.17, 15) is 0 Å². The highest BCUT2D eigenvalue weighted by Crippen LogP contribution is 2.30. The SMILES string of the molecule is c1ccc(CCCN2CCCC[C@H]2c2ccnc(Nc3cnccn3)n2)cc1. The number of rotatable bonds is 7. The van der Waals surface area contributed by atoms with Gasteiger partial charge in [-0.3, -0.25) is 9.88 Å².